The smallest absolute Gasteiger partial charge is 0.333 e. The molecular weight excluding hydrogens is 346 g/mol. The zero-order chi connectivity index (χ0) is 19.0. The molecule has 3 aromatic rings. The second-order valence-corrected chi connectivity index (χ2v) is 6.18. The van der Waals surface area contributed by atoms with Gasteiger partial charge in [-0.05, 0) is 42.3 Å². The van der Waals surface area contributed by atoms with Crippen molar-refractivity contribution in [2.24, 2.45) is 0 Å². The number of fused-ring (bicyclic) bond motifs is 1. The number of nitrogens with one attached hydrogen (secondary N) is 1. The van der Waals surface area contributed by atoms with Crippen LogP contribution in [0.3, 0.4) is 0 Å². The minimum Gasteiger partial charge on any atom is -0.497 e. The van der Waals surface area contributed by atoms with Crippen molar-refractivity contribution in [1.29, 1.82) is 0 Å². The van der Waals surface area contributed by atoms with Crippen molar-refractivity contribution in [2.75, 3.05) is 18.6 Å². The van der Waals surface area contributed by atoms with E-state index in [4.69, 9.17) is 4.74 Å². The van der Waals surface area contributed by atoms with Gasteiger partial charge in [0.15, 0.2) is 0 Å². The minimum atomic E-state index is -0.654. The van der Waals surface area contributed by atoms with Gasteiger partial charge in [0.25, 0.3) is 11.5 Å². The zero-order valence-corrected chi connectivity index (χ0v) is 14.6. The number of anilines is 1. The Kier molecular flexibility index (Phi) is 4.12. The predicted molar refractivity (Wildman–Crippen MR) is 101 cm³/mol. The normalized spacial score (nSPS) is 12.7. The van der Waals surface area contributed by atoms with Crippen LogP contribution in [-0.4, -0.2) is 29.1 Å². The number of carbonyl (C=O) groups is 1. The van der Waals surface area contributed by atoms with E-state index in [1.54, 1.807) is 29.2 Å². The summed E-state index contributed by atoms with van der Waals surface area (Å²) in [4.78, 5) is 42.2. The number of nitrogens with zero attached hydrogens (tertiary/aromatic N) is 2. The largest absolute Gasteiger partial charge is 0.497 e. The van der Waals surface area contributed by atoms with Crippen LogP contribution in [0.25, 0.3) is 5.69 Å². The fourth-order valence-electron chi connectivity index (χ4n) is 3.29. The van der Waals surface area contributed by atoms with Gasteiger partial charge in [-0.3, -0.25) is 9.59 Å². The Balaban J connectivity index is 1.78. The van der Waals surface area contributed by atoms with Crippen LogP contribution in [0.4, 0.5) is 5.69 Å². The molecule has 7 heteroatoms. The molecule has 2 heterocycles. The topological polar surface area (TPSA) is 84.4 Å². The molecule has 0 spiro atoms. The maximum Gasteiger partial charge on any atom is 0.333 e. The SMILES string of the molecule is COc1ccc(-n2c(=O)[nH]cc(C(=O)N3CCc4ccccc43)c2=O)cc1. The van der Waals surface area contributed by atoms with Crippen LogP contribution in [0.1, 0.15) is 15.9 Å². The molecule has 0 atom stereocenters. The average molecular weight is 363 g/mol. The van der Waals surface area contributed by atoms with Crippen LogP contribution in [0.2, 0.25) is 0 Å². The number of rotatable bonds is 3. The maximum absolute atomic E-state index is 13.0. The van der Waals surface area contributed by atoms with Crippen molar-refractivity contribution in [3.63, 3.8) is 0 Å². The van der Waals surface area contributed by atoms with Gasteiger partial charge in [0.05, 0.1) is 12.8 Å². The fourth-order valence-corrected chi connectivity index (χ4v) is 3.29. The number of aromatic nitrogens is 2. The van der Waals surface area contributed by atoms with Gasteiger partial charge >= 0.3 is 5.69 Å². The highest BCUT2D eigenvalue weighted by molar-refractivity contribution is 6.06. The van der Waals surface area contributed by atoms with E-state index in [2.05, 4.69) is 4.98 Å². The molecule has 1 aromatic heterocycles. The van der Waals surface area contributed by atoms with Crippen molar-refractivity contribution in [1.82, 2.24) is 9.55 Å². The highest BCUT2D eigenvalue weighted by Gasteiger charge is 2.27. The highest BCUT2D eigenvalue weighted by atomic mass is 16.5. The van der Waals surface area contributed by atoms with Gasteiger partial charge in [-0.1, -0.05) is 18.2 Å². The summed E-state index contributed by atoms with van der Waals surface area (Å²) in [6, 6.07) is 14.1. The third kappa shape index (κ3) is 2.83. The lowest BCUT2D eigenvalue weighted by atomic mass is 10.2. The molecule has 0 saturated heterocycles. The molecule has 0 radical (unpaired) electrons. The van der Waals surface area contributed by atoms with Crippen molar-refractivity contribution in [3.8, 4) is 11.4 Å². The molecular formula is C20H17N3O4. The van der Waals surface area contributed by atoms with E-state index in [1.807, 2.05) is 24.3 Å². The molecule has 4 rings (SSSR count). The van der Waals surface area contributed by atoms with Crippen LogP contribution in [0, 0.1) is 0 Å². The molecule has 0 fully saturated rings. The zero-order valence-electron chi connectivity index (χ0n) is 14.6. The Morgan fingerprint density at radius 1 is 1.07 bits per heavy atom. The van der Waals surface area contributed by atoms with Gasteiger partial charge in [0.1, 0.15) is 11.3 Å². The Labute approximate surface area is 154 Å². The molecule has 1 N–H and O–H groups in total. The number of hydrogen-bond donors (Lipinski definition) is 1. The first kappa shape index (κ1) is 16.8. The predicted octanol–water partition coefficient (Wildman–Crippen LogP) is 1.74. The first-order chi connectivity index (χ1) is 13.1. The third-order valence-corrected chi connectivity index (χ3v) is 4.67. The quantitative estimate of drug-likeness (QED) is 0.768. The minimum absolute atomic E-state index is 0.0814. The van der Waals surface area contributed by atoms with Gasteiger partial charge in [-0.15, -0.1) is 0 Å². The molecule has 7 nitrogen and oxygen atoms in total. The number of methoxy groups -OCH3 is 1. The standard InChI is InChI=1S/C20H17N3O4/c1-27-15-8-6-14(7-9-15)23-19(25)16(12-21-20(23)26)18(24)22-11-10-13-4-2-3-5-17(13)22/h2-9,12H,10-11H2,1H3,(H,21,26). The molecule has 2 aromatic carbocycles. The molecule has 0 aliphatic carbocycles. The Bertz CT molecular complexity index is 1130. The average Bonchev–Trinajstić information content (AvgIpc) is 3.12. The fraction of sp³-hybridized carbons (Fsp3) is 0.150. The summed E-state index contributed by atoms with van der Waals surface area (Å²) in [5.74, 6) is 0.174. The number of aromatic amines is 1. The van der Waals surface area contributed by atoms with E-state index < -0.39 is 17.2 Å². The number of benzene rings is 2. The van der Waals surface area contributed by atoms with Crippen molar-refractivity contribution in [2.45, 2.75) is 6.42 Å². The lowest BCUT2D eigenvalue weighted by Gasteiger charge is -2.17. The summed E-state index contributed by atoms with van der Waals surface area (Å²) in [7, 11) is 1.53. The molecule has 0 bridgehead atoms. The van der Waals surface area contributed by atoms with Crippen LogP contribution in [-0.2, 0) is 6.42 Å². The van der Waals surface area contributed by atoms with Crippen molar-refractivity contribution >= 4 is 11.6 Å². The molecule has 0 unspecified atom stereocenters. The van der Waals surface area contributed by atoms with Crippen molar-refractivity contribution < 1.29 is 9.53 Å². The van der Waals surface area contributed by atoms with Crippen LogP contribution >= 0.6 is 0 Å². The second kappa shape index (κ2) is 6.60. The first-order valence-electron chi connectivity index (χ1n) is 8.49. The summed E-state index contributed by atoms with van der Waals surface area (Å²) in [5.41, 5.74) is 0.873. The number of H-pyrrole nitrogens is 1. The second-order valence-electron chi connectivity index (χ2n) is 6.18. The Hall–Kier alpha value is -3.61. The van der Waals surface area contributed by atoms with E-state index in [-0.39, 0.29) is 5.56 Å². The molecule has 1 aliphatic heterocycles. The van der Waals surface area contributed by atoms with Gasteiger partial charge in [0, 0.05) is 18.4 Å². The summed E-state index contributed by atoms with van der Waals surface area (Å²) in [5, 5.41) is 0. The lowest BCUT2D eigenvalue weighted by molar-refractivity contribution is 0.0987. The maximum atomic E-state index is 13.0. The van der Waals surface area contributed by atoms with E-state index in [1.165, 1.54) is 13.3 Å². The lowest BCUT2D eigenvalue weighted by Crippen LogP contribution is -2.41. The summed E-state index contributed by atoms with van der Waals surface area (Å²) >= 11 is 0. The summed E-state index contributed by atoms with van der Waals surface area (Å²) < 4.78 is 6.05. The Morgan fingerprint density at radius 2 is 1.81 bits per heavy atom. The molecule has 1 aliphatic rings. The monoisotopic (exact) mass is 363 g/mol. The van der Waals surface area contributed by atoms with E-state index in [0.717, 1.165) is 22.2 Å². The molecule has 0 saturated carbocycles. The first-order valence-corrected chi connectivity index (χ1v) is 8.49. The van der Waals surface area contributed by atoms with Crippen LogP contribution < -0.4 is 20.9 Å². The number of carbonyl (C=O) groups excluding carboxylic acids is 1. The number of hydrogen-bond acceptors (Lipinski definition) is 4. The van der Waals surface area contributed by atoms with E-state index >= 15 is 0 Å². The van der Waals surface area contributed by atoms with Gasteiger partial charge in [-0.2, -0.15) is 0 Å². The number of para-hydroxylation sites is 1. The van der Waals surface area contributed by atoms with Gasteiger partial charge in [0.2, 0.25) is 0 Å². The van der Waals surface area contributed by atoms with Crippen LogP contribution in [0.5, 0.6) is 5.75 Å². The molecule has 27 heavy (non-hydrogen) atoms. The number of ether oxygens (including phenoxy) is 1. The molecule has 136 valence electrons. The summed E-state index contributed by atoms with van der Waals surface area (Å²) in [6.45, 7) is 0.499. The van der Waals surface area contributed by atoms with E-state index in [0.29, 0.717) is 18.0 Å². The van der Waals surface area contributed by atoms with E-state index in [9.17, 15) is 14.4 Å². The third-order valence-electron chi connectivity index (χ3n) is 4.67. The Morgan fingerprint density at radius 3 is 2.56 bits per heavy atom. The summed E-state index contributed by atoms with van der Waals surface area (Å²) in [6.07, 6.45) is 1.92. The van der Waals surface area contributed by atoms with Gasteiger partial charge in [-0.25, -0.2) is 9.36 Å². The van der Waals surface area contributed by atoms with Crippen molar-refractivity contribution in [3.05, 3.63) is 86.7 Å². The van der Waals surface area contributed by atoms with Gasteiger partial charge < -0.3 is 14.6 Å². The highest BCUT2D eigenvalue weighted by Crippen LogP contribution is 2.28. The van der Waals surface area contributed by atoms with Crippen LogP contribution in [0.15, 0.2) is 64.3 Å². The molecule has 1 amide bonds. The number of amides is 1.